The average Bonchev–Trinajstić information content (AvgIpc) is 2.42. The van der Waals surface area contributed by atoms with Gasteiger partial charge in [0.1, 0.15) is 0 Å². The Kier molecular flexibility index (Phi) is 4.74. The van der Waals surface area contributed by atoms with Gasteiger partial charge >= 0.3 is 0 Å². The van der Waals surface area contributed by atoms with E-state index in [1.54, 1.807) is 6.07 Å². The lowest BCUT2D eigenvalue weighted by atomic mass is 9.95. The second-order valence-electron chi connectivity index (χ2n) is 5.46. The molecule has 1 saturated heterocycles. The Morgan fingerprint density at radius 1 is 1.50 bits per heavy atom. The molecule has 1 fully saturated rings. The van der Waals surface area contributed by atoms with E-state index in [0.717, 1.165) is 25.1 Å². The summed E-state index contributed by atoms with van der Waals surface area (Å²) in [5, 5.41) is 0.0563. The molecule has 0 aliphatic carbocycles. The molecule has 7 heteroatoms. The summed E-state index contributed by atoms with van der Waals surface area (Å²) in [5.41, 5.74) is 6.30. The van der Waals surface area contributed by atoms with Crippen LogP contribution in [0.1, 0.15) is 18.9 Å². The SMILES string of the molecule is CC1CN(C)CCC1NS(=O)(=O)c1ccc(CN)cn1. The fourth-order valence-corrected chi connectivity index (χ4v) is 3.79. The number of nitrogens with one attached hydrogen (secondary N) is 1. The lowest BCUT2D eigenvalue weighted by molar-refractivity contribution is 0.188. The molecule has 1 aliphatic heterocycles. The predicted octanol–water partition coefficient (Wildman–Crippen LogP) is 0.159. The highest BCUT2D eigenvalue weighted by Crippen LogP contribution is 2.18. The molecule has 2 heterocycles. The zero-order valence-corrected chi connectivity index (χ0v) is 12.7. The highest BCUT2D eigenvalue weighted by molar-refractivity contribution is 7.89. The van der Waals surface area contributed by atoms with Crippen LogP contribution in [0, 0.1) is 5.92 Å². The van der Waals surface area contributed by atoms with Crippen molar-refractivity contribution in [2.24, 2.45) is 11.7 Å². The summed E-state index contributed by atoms with van der Waals surface area (Å²) in [4.78, 5) is 6.20. The topological polar surface area (TPSA) is 88.3 Å². The summed E-state index contributed by atoms with van der Waals surface area (Å²) in [6, 6.07) is 3.16. The minimum absolute atomic E-state index is 0.0350. The minimum Gasteiger partial charge on any atom is -0.326 e. The molecule has 112 valence electrons. The molecule has 0 radical (unpaired) electrons. The highest BCUT2D eigenvalue weighted by Gasteiger charge is 2.29. The number of nitrogens with two attached hydrogens (primary N) is 1. The van der Waals surface area contributed by atoms with Gasteiger partial charge < -0.3 is 10.6 Å². The van der Waals surface area contributed by atoms with Crippen LogP contribution in [0.15, 0.2) is 23.4 Å². The van der Waals surface area contributed by atoms with E-state index in [9.17, 15) is 8.42 Å². The maximum Gasteiger partial charge on any atom is 0.258 e. The van der Waals surface area contributed by atoms with Gasteiger partial charge in [0.25, 0.3) is 10.0 Å². The monoisotopic (exact) mass is 298 g/mol. The molecule has 0 saturated carbocycles. The van der Waals surface area contributed by atoms with Gasteiger partial charge in [-0.25, -0.2) is 18.1 Å². The fraction of sp³-hybridized carbons (Fsp3) is 0.615. The van der Waals surface area contributed by atoms with E-state index < -0.39 is 10.0 Å². The molecule has 3 N–H and O–H groups in total. The van der Waals surface area contributed by atoms with Gasteiger partial charge in [-0.15, -0.1) is 0 Å². The van der Waals surface area contributed by atoms with Crippen molar-refractivity contribution in [3.8, 4) is 0 Å². The van der Waals surface area contributed by atoms with Crippen molar-refractivity contribution in [1.82, 2.24) is 14.6 Å². The van der Waals surface area contributed by atoms with E-state index in [2.05, 4.69) is 21.5 Å². The molecule has 1 aromatic heterocycles. The van der Waals surface area contributed by atoms with Crippen LogP contribution in [0.5, 0.6) is 0 Å². The molecule has 0 aromatic carbocycles. The molecule has 6 nitrogen and oxygen atoms in total. The van der Waals surface area contributed by atoms with Gasteiger partial charge in [0.15, 0.2) is 5.03 Å². The average molecular weight is 298 g/mol. The number of hydrogen-bond donors (Lipinski definition) is 2. The van der Waals surface area contributed by atoms with E-state index in [1.165, 1.54) is 12.3 Å². The molecule has 2 rings (SSSR count). The van der Waals surface area contributed by atoms with Gasteiger partial charge in [-0.3, -0.25) is 0 Å². The van der Waals surface area contributed by atoms with Crippen LogP contribution in [0.25, 0.3) is 0 Å². The van der Waals surface area contributed by atoms with E-state index in [0.29, 0.717) is 6.54 Å². The van der Waals surface area contributed by atoms with E-state index in [-0.39, 0.29) is 17.0 Å². The molecule has 0 bridgehead atoms. The minimum atomic E-state index is -3.56. The second-order valence-corrected chi connectivity index (χ2v) is 7.13. The number of hydrogen-bond acceptors (Lipinski definition) is 5. The molecule has 0 amide bonds. The van der Waals surface area contributed by atoms with Gasteiger partial charge in [0, 0.05) is 25.3 Å². The van der Waals surface area contributed by atoms with E-state index in [4.69, 9.17) is 5.73 Å². The normalized spacial score (nSPS) is 24.8. The highest BCUT2D eigenvalue weighted by atomic mass is 32.2. The molecule has 2 unspecified atom stereocenters. The van der Waals surface area contributed by atoms with Crippen molar-refractivity contribution in [1.29, 1.82) is 0 Å². The summed E-state index contributed by atoms with van der Waals surface area (Å²) >= 11 is 0. The Hall–Kier alpha value is -1.02. The van der Waals surface area contributed by atoms with Crippen molar-refractivity contribution < 1.29 is 8.42 Å². The molecule has 1 aliphatic rings. The summed E-state index contributed by atoms with van der Waals surface area (Å²) in [6.07, 6.45) is 2.32. The molecule has 20 heavy (non-hydrogen) atoms. The van der Waals surface area contributed by atoms with Crippen LogP contribution in [0.4, 0.5) is 0 Å². The molecular weight excluding hydrogens is 276 g/mol. The van der Waals surface area contributed by atoms with E-state index >= 15 is 0 Å². The lowest BCUT2D eigenvalue weighted by Crippen LogP contribution is -2.48. The first kappa shape index (κ1) is 15.4. The van der Waals surface area contributed by atoms with Crippen LogP contribution in [-0.2, 0) is 16.6 Å². The van der Waals surface area contributed by atoms with Crippen molar-refractivity contribution in [2.45, 2.75) is 31.0 Å². The maximum atomic E-state index is 12.3. The van der Waals surface area contributed by atoms with Gasteiger partial charge in [-0.1, -0.05) is 13.0 Å². The quantitative estimate of drug-likeness (QED) is 0.826. The van der Waals surface area contributed by atoms with Crippen LogP contribution in [0.3, 0.4) is 0 Å². The third-order valence-electron chi connectivity index (χ3n) is 3.72. The Morgan fingerprint density at radius 3 is 2.80 bits per heavy atom. The fourth-order valence-electron chi connectivity index (χ4n) is 2.48. The first-order valence-corrected chi connectivity index (χ1v) is 8.26. The van der Waals surface area contributed by atoms with Gasteiger partial charge in [-0.05, 0) is 37.6 Å². The van der Waals surface area contributed by atoms with Crippen molar-refractivity contribution in [3.05, 3.63) is 23.9 Å². The number of rotatable bonds is 4. The lowest BCUT2D eigenvalue weighted by Gasteiger charge is -2.34. The van der Waals surface area contributed by atoms with Gasteiger partial charge in [-0.2, -0.15) is 0 Å². The second kappa shape index (κ2) is 6.17. The van der Waals surface area contributed by atoms with Crippen LogP contribution >= 0.6 is 0 Å². The smallest absolute Gasteiger partial charge is 0.258 e. The molecule has 0 spiro atoms. The number of nitrogens with zero attached hydrogens (tertiary/aromatic N) is 2. The number of likely N-dealkylation sites (tertiary alicyclic amines) is 1. The van der Waals surface area contributed by atoms with Gasteiger partial charge in [0.2, 0.25) is 0 Å². The molecule has 2 atom stereocenters. The zero-order valence-electron chi connectivity index (χ0n) is 11.9. The third kappa shape index (κ3) is 3.54. The number of piperidine rings is 1. The van der Waals surface area contributed by atoms with Gasteiger partial charge in [0.05, 0.1) is 0 Å². The number of sulfonamides is 1. The number of pyridine rings is 1. The Morgan fingerprint density at radius 2 is 2.25 bits per heavy atom. The standard InChI is InChI=1S/C13H22N4O2S/c1-10-9-17(2)6-5-12(10)16-20(18,19)13-4-3-11(7-14)8-15-13/h3-4,8,10,12,16H,5-7,9,14H2,1-2H3. The van der Waals surface area contributed by atoms with Crippen molar-refractivity contribution >= 4 is 10.0 Å². The Balaban J connectivity index is 2.10. The summed E-state index contributed by atoms with van der Waals surface area (Å²) in [5.74, 6) is 0.284. The summed E-state index contributed by atoms with van der Waals surface area (Å²) < 4.78 is 27.4. The molecular formula is C13H22N4O2S. The van der Waals surface area contributed by atoms with Crippen LogP contribution in [0.2, 0.25) is 0 Å². The predicted molar refractivity (Wildman–Crippen MR) is 77.5 cm³/mol. The summed E-state index contributed by atoms with van der Waals surface area (Å²) in [7, 11) is -1.51. The Labute approximate surface area is 120 Å². The first-order chi connectivity index (χ1) is 9.42. The largest absolute Gasteiger partial charge is 0.326 e. The third-order valence-corrected chi connectivity index (χ3v) is 5.13. The van der Waals surface area contributed by atoms with Crippen LogP contribution < -0.4 is 10.5 Å². The van der Waals surface area contributed by atoms with Crippen molar-refractivity contribution in [2.75, 3.05) is 20.1 Å². The number of aromatic nitrogens is 1. The van der Waals surface area contributed by atoms with E-state index in [1.807, 2.05) is 7.05 Å². The summed E-state index contributed by atoms with van der Waals surface area (Å²) in [6.45, 7) is 4.21. The maximum absolute atomic E-state index is 12.3. The van der Waals surface area contributed by atoms with Crippen molar-refractivity contribution in [3.63, 3.8) is 0 Å². The Bertz CT molecular complexity index is 544. The molecule has 1 aromatic rings. The van der Waals surface area contributed by atoms with Crippen LogP contribution in [-0.4, -0.2) is 44.5 Å². The zero-order chi connectivity index (χ0) is 14.8. The first-order valence-electron chi connectivity index (χ1n) is 6.78.